The normalized spacial score (nSPS) is 22.3. The van der Waals surface area contributed by atoms with Gasteiger partial charge in [-0.3, -0.25) is 9.59 Å². The lowest BCUT2D eigenvalue weighted by atomic mass is 9.78. The van der Waals surface area contributed by atoms with Crippen LogP contribution in [0.2, 0.25) is 0 Å². The van der Waals surface area contributed by atoms with E-state index in [9.17, 15) is 14.7 Å². The molecule has 0 spiro atoms. The molecule has 0 heterocycles. The number of nitriles is 1. The van der Waals surface area contributed by atoms with E-state index in [1.165, 1.54) is 0 Å². The Morgan fingerprint density at radius 1 is 1.30 bits per heavy atom. The first-order valence-electron chi connectivity index (χ1n) is 7.36. The van der Waals surface area contributed by atoms with Gasteiger partial charge in [-0.15, -0.1) is 0 Å². The van der Waals surface area contributed by atoms with Gasteiger partial charge in [-0.1, -0.05) is 26.7 Å². The maximum absolute atomic E-state index is 12.6. The van der Waals surface area contributed by atoms with E-state index in [1.54, 1.807) is 4.90 Å². The number of carboxylic acids is 1. The van der Waals surface area contributed by atoms with Gasteiger partial charge < -0.3 is 10.0 Å². The molecule has 1 amide bonds. The Morgan fingerprint density at radius 2 is 1.90 bits per heavy atom. The maximum atomic E-state index is 12.6. The summed E-state index contributed by atoms with van der Waals surface area (Å²) in [6, 6.07) is 2.05. The zero-order chi connectivity index (χ0) is 15.1. The molecule has 0 aromatic heterocycles. The molecule has 5 nitrogen and oxygen atoms in total. The van der Waals surface area contributed by atoms with Crippen molar-refractivity contribution in [3.63, 3.8) is 0 Å². The molecular formula is C15H24N2O3. The molecule has 2 atom stereocenters. The van der Waals surface area contributed by atoms with Crippen LogP contribution >= 0.6 is 0 Å². The molecule has 0 aromatic rings. The lowest BCUT2D eigenvalue weighted by Gasteiger charge is -2.33. The number of amides is 1. The van der Waals surface area contributed by atoms with Crippen molar-refractivity contribution in [3.8, 4) is 6.07 Å². The summed E-state index contributed by atoms with van der Waals surface area (Å²) in [5.74, 6) is -1.62. The van der Waals surface area contributed by atoms with Crippen LogP contribution in [0.3, 0.4) is 0 Å². The van der Waals surface area contributed by atoms with Crippen LogP contribution in [0.25, 0.3) is 0 Å². The van der Waals surface area contributed by atoms with Gasteiger partial charge in [0.25, 0.3) is 0 Å². The number of carbonyl (C=O) groups excluding carboxylic acids is 1. The zero-order valence-corrected chi connectivity index (χ0v) is 12.3. The standard InChI is InChI=1S/C15H24N2O3/c1-11(2)10-17(9-5-8-16)14(18)12-6-3-4-7-13(12)15(19)20/h11-13H,3-7,9-10H2,1-2H3,(H,19,20). The summed E-state index contributed by atoms with van der Waals surface area (Å²) in [6.07, 6.45) is 3.32. The smallest absolute Gasteiger partial charge is 0.307 e. The third-order valence-corrected chi connectivity index (χ3v) is 3.79. The number of carbonyl (C=O) groups is 2. The van der Waals surface area contributed by atoms with Crippen molar-refractivity contribution in [2.75, 3.05) is 13.1 Å². The molecule has 0 aliphatic heterocycles. The van der Waals surface area contributed by atoms with Crippen molar-refractivity contribution in [2.45, 2.75) is 46.0 Å². The molecule has 0 aromatic carbocycles. The molecular weight excluding hydrogens is 256 g/mol. The molecule has 1 aliphatic carbocycles. The number of hydrogen-bond donors (Lipinski definition) is 1. The van der Waals surface area contributed by atoms with E-state index in [2.05, 4.69) is 6.07 Å². The van der Waals surface area contributed by atoms with Crippen LogP contribution in [-0.4, -0.2) is 35.0 Å². The number of rotatable bonds is 6. The SMILES string of the molecule is CC(C)CN(CCC#N)C(=O)C1CCCCC1C(=O)O. The van der Waals surface area contributed by atoms with Crippen LogP contribution in [0.15, 0.2) is 0 Å². The van der Waals surface area contributed by atoms with Crippen molar-refractivity contribution in [1.82, 2.24) is 4.90 Å². The van der Waals surface area contributed by atoms with Gasteiger partial charge in [0.1, 0.15) is 0 Å². The van der Waals surface area contributed by atoms with Crippen molar-refractivity contribution in [1.29, 1.82) is 5.26 Å². The lowest BCUT2D eigenvalue weighted by molar-refractivity contribution is -0.152. The Labute approximate surface area is 120 Å². The molecule has 1 saturated carbocycles. The van der Waals surface area contributed by atoms with Gasteiger partial charge in [-0.2, -0.15) is 5.26 Å². The molecule has 112 valence electrons. The topological polar surface area (TPSA) is 81.4 Å². The average molecular weight is 280 g/mol. The van der Waals surface area contributed by atoms with E-state index in [0.29, 0.717) is 38.3 Å². The second kappa shape index (κ2) is 7.88. The highest BCUT2D eigenvalue weighted by molar-refractivity contribution is 5.85. The molecule has 1 aliphatic rings. The third kappa shape index (κ3) is 4.52. The van der Waals surface area contributed by atoms with Crippen LogP contribution < -0.4 is 0 Å². The van der Waals surface area contributed by atoms with E-state index in [1.807, 2.05) is 13.8 Å². The van der Waals surface area contributed by atoms with Gasteiger partial charge in [0.2, 0.25) is 5.91 Å². The molecule has 20 heavy (non-hydrogen) atoms. The van der Waals surface area contributed by atoms with E-state index >= 15 is 0 Å². The number of nitrogens with zero attached hydrogens (tertiary/aromatic N) is 2. The summed E-state index contributed by atoms with van der Waals surface area (Å²) in [5, 5.41) is 18.0. The first-order valence-corrected chi connectivity index (χ1v) is 7.36. The van der Waals surface area contributed by atoms with E-state index in [0.717, 1.165) is 12.8 Å². The molecule has 1 rings (SSSR count). The van der Waals surface area contributed by atoms with Gasteiger partial charge in [0, 0.05) is 13.1 Å². The molecule has 0 saturated heterocycles. The fourth-order valence-corrected chi connectivity index (χ4v) is 2.87. The van der Waals surface area contributed by atoms with Crippen LogP contribution in [0.5, 0.6) is 0 Å². The van der Waals surface area contributed by atoms with Gasteiger partial charge >= 0.3 is 5.97 Å². The summed E-state index contributed by atoms with van der Waals surface area (Å²) < 4.78 is 0. The highest BCUT2D eigenvalue weighted by atomic mass is 16.4. The highest BCUT2D eigenvalue weighted by Gasteiger charge is 2.37. The Kier molecular flexibility index (Phi) is 6.50. The summed E-state index contributed by atoms with van der Waals surface area (Å²) in [6.45, 7) is 5.02. The second-order valence-electron chi connectivity index (χ2n) is 5.92. The predicted octanol–water partition coefficient (Wildman–Crippen LogP) is 2.28. The Bertz CT molecular complexity index is 387. The van der Waals surface area contributed by atoms with Crippen LogP contribution in [0.4, 0.5) is 0 Å². The minimum atomic E-state index is -0.868. The monoisotopic (exact) mass is 280 g/mol. The van der Waals surface area contributed by atoms with Gasteiger partial charge in [0.15, 0.2) is 0 Å². The minimum absolute atomic E-state index is 0.0824. The molecule has 1 fully saturated rings. The van der Waals surface area contributed by atoms with Crippen LogP contribution in [-0.2, 0) is 9.59 Å². The fourth-order valence-electron chi connectivity index (χ4n) is 2.87. The maximum Gasteiger partial charge on any atom is 0.307 e. The van der Waals surface area contributed by atoms with Gasteiger partial charge in [-0.05, 0) is 18.8 Å². The molecule has 1 N–H and O–H groups in total. The van der Waals surface area contributed by atoms with E-state index < -0.39 is 17.8 Å². The predicted molar refractivity (Wildman–Crippen MR) is 74.7 cm³/mol. The van der Waals surface area contributed by atoms with Crippen molar-refractivity contribution in [2.24, 2.45) is 17.8 Å². The highest BCUT2D eigenvalue weighted by Crippen LogP contribution is 2.32. The first-order chi connectivity index (χ1) is 9.47. The lowest BCUT2D eigenvalue weighted by Crippen LogP contribution is -2.44. The summed E-state index contributed by atoms with van der Waals surface area (Å²) in [5.41, 5.74) is 0. The summed E-state index contributed by atoms with van der Waals surface area (Å²) in [7, 11) is 0. The van der Waals surface area contributed by atoms with Crippen molar-refractivity contribution < 1.29 is 14.7 Å². The second-order valence-corrected chi connectivity index (χ2v) is 5.92. The molecule has 0 bridgehead atoms. The van der Waals surface area contributed by atoms with Crippen LogP contribution in [0.1, 0.15) is 46.0 Å². The summed E-state index contributed by atoms with van der Waals surface area (Å²) in [4.78, 5) is 25.6. The van der Waals surface area contributed by atoms with E-state index in [-0.39, 0.29) is 5.91 Å². The Balaban J connectivity index is 2.79. The quantitative estimate of drug-likeness (QED) is 0.809. The van der Waals surface area contributed by atoms with Crippen LogP contribution in [0, 0.1) is 29.1 Å². The Hall–Kier alpha value is -1.57. The molecule has 0 radical (unpaired) electrons. The third-order valence-electron chi connectivity index (χ3n) is 3.79. The van der Waals surface area contributed by atoms with E-state index in [4.69, 9.17) is 5.26 Å². The molecule has 5 heteroatoms. The number of aliphatic carboxylic acids is 1. The Morgan fingerprint density at radius 3 is 2.40 bits per heavy atom. The number of hydrogen-bond acceptors (Lipinski definition) is 3. The van der Waals surface area contributed by atoms with Crippen molar-refractivity contribution >= 4 is 11.9 Å². The minimum Gasteiger partial charge on any atom is -0.481 e. The van der Waals surface area contributed by atoms with Crippen molar-refractivity contribution in [3.05, 3.63) is 0 Å². The average Bonchev–Trinajstić information content (AvgIpc) is 2.42. The molecule has 2 unspecified atom stereocenters. The van der Waals surface area contributed by atoms with Gasteiger partial charge in [-0.25, -0.2) is 0 Å². The van der Waals surface area contributed by atoms with Gasteiger partial charge in [0.05, 0.1) is 24.3 Å². The number of carboxylic acid groups (broad SMARTS) is 1. The largest absolute Gasteiger partial charge is 0.481 e. The first kappa shape index (κ1) is 16.5. The fraction of sp³-hybridized carbons (Fsp3) is 0.800. The summed E-state index contributed by atoms with van der Waals surface area (Å²) >= 11 is 0. The zero-order valence-electron chi connectivity index (χ0n) is 12.3.